The van der Waals surface area contributed by atoms with Crippen LogP contribution in [0.1, 0.15) is 0 Å². The van der Waals surface area contributed by atoms with E-state index in [0.29, 0.717) is 0 Å². The van der Waals surface area contributed by atoms with Gasteiger partial charge in [-0.15, -0.1) is 4.78 Å². The van der Waals surface area contributed by atoms with Crippen LogP contribution in [0.25, 0.3) is 0 Å². The predicted molar refractivity (Wildman–Crippen MR) is 28.9 cm³/mol. The molecule has 50 valence electrons. The standard InChI is InChI=1S/C2H9N2O3P/c1-3-4(2)8(5,6)7/h3H,1-2H3,(H2,5,6,7). The van der Waals surface area contributed by atoms with Crippen molar-refractivity contribution in [2.45, 2.75) is 0 Å². The highest BCUT2D eigenvalue weighted by molar-refractivity contribution is 7.49. The second kappa shape index (κ2) is 2.57. The smallest absolute Gasteiger partial charge is 0.312 e. The molecule has 0 saturated carbocycles. The summed E-state index contributed by atoms with van der Waals surface area (Å²) in [6.07, 6.45) is 0. The van der Waals surface area contributed by atoms with Gasteiger partial charge < -0.3 is 9.79 Å². The van der Waals surface area contributed by atoms with Crippen molar-refractivity contribution < 1.29 is 14.4 Å². The molecule has 0 aliphatic heterocycles. The highest BCUT2D eigenvalue weighted by atomic mass is 31.2. The molecule has 0 aromatic rings. The van der Waals surface area contributed by atoms with Gasteiger partial charge in [0.15, 0.2) is 0 Å². The van der Waals surface area contributed by atoms with E-state index in [1.807, 2.05) is 0 Å². The van der Waals surface area contributed by atoms with Crippen molar-refractivity contribution >= 4 is 7.75 Å². The molecule has 3 N–H and O–H groups in total. The lowest BCUT2D eigenvalue weighted by atomic mass is 11.4. The minimum Gasteiger partial charge on any atom is -0.312 e. The van der Waals surface area contributed by atoms with Crippen molar-refractivity contribution in [3.8, 4) is 0 Å². The fourth-order valence-corrected chi connectivity index (χ4v) is 0.391. The zero-order valence-electron chi connectivity index (χ0n) is 4.70. The topological polar surface area (TPSA) is 72.8 Å². The Kier molecular flexibility index (Phi) is 2.59. The molecule has 0 aliphatic carbocycles. The maximum Gasteiger partial charge on any atom is 0.416 e. The summed E-state index contributed by atoms with van der Waals surface area (Å²) in [6, 6.07) is 0. The van der Waals surface area contributed by atoms with E-state index < -0.39 is 7.75 Å². The van der Waals surface area contributed by atoms with Crippen LogP contribution in [-0.2, 0) is 4.57 Å². The minimum atomic E-state index is -4.03. The van der Waals surface area contributed by atoms with Crippen LogP contribution in [0.15, 0.2) is 0 Å². The van der Waals surface area contributed by atoms with E-state index in [9.17, 15) is 4.57 Å². The molecule has 0 bridgehead atoms. The molecular formula is C2H9N2O3P. The van der Waals surface area contributed by atoms with Crippen molar-refractivity contribution in [3.05, 3.63) is 0 Å². The van der Waals surface area contributed by atoms with Gasteiger partial charge in [0.2, 0.25) is 0 Å². The Morgan fingerprint density at radius 3 is 2.00 bits per heavy atom. The number of nitrogens with zero attached hydrogens (tertiary/aromatic N) is 1. The van der Waals surface area contributed by atoms with Crippen LogP contribution in [0.2, 0.25) is 0 Å². The van der Waals surface area contributed by atoms with E-state index in [4.69, 9.17) is 9.79 Å². The second-order valence-corrected chi connectivity index (χ2v) is 2.89. The Morgan fingerprint density at radius 1 is 1.62 bits per heavy atom. The van der Waals surface area contributed by atoms with Crippen LogP contribution in [0.4, 0.5) is 0 Å². The summed E-state index contributed by atoms with van der Waals surface area (Å²) in [6.45, 7) is 0. The normalized spacial score (nSPS) is 12.6. The average molecular weight is 140 g/mol. The van der Waals surface area contributed by atoms with E-state index in [1.165, 1.54) is 14.1 Å². The van der Waals surface area contributed by atoms with E-state index in [2.05, 4.69) is 5.43 Å². The summed E-state index contributed by atoms with van der Waals surface area (Å²) in [5, 5.41) is 0. The maximum atomic E-state index is 10.1. The van der Waals surface area contributed by atoms with Gasteiger partial charge in [0.25, 0.3) is 0 Å². The molecule has 0 radical (unpaired) electrons. The van der Waals surface area contributed by atoms with E-state index in [0.717, 1.165) is 4.78 Å². The van der Waals surface area contributed by atoms with Gasteiger partial charge in [-0.3, -0.25) is 0 Å². The van der Waals surface area contributed by atoms with E-state index in [1.54, 1.807) is 0 Å². The summed E-state index contributed by atoms with van der Waals surface area (Å²) in [5.74, 6) is 0. The highest BCUT2D eigenvalue weighted by Gasteiger charge is 2.17. The van der Waals surface area contributed by atoms with Gasteiger partial charge in [0, 0.05) is 7.05 Å². The summed E-state index contributed by atoms with van der Waals surface area (Å²) in [5.41, 5.74) is 2.28. The predicted octanol–water partition coefficient (Wildman–Crippen LogP) is -0.855. The summed E-state index contributed by atoms with van der Waals surface area (Å²) < 4.78 is 10.8. The molecule has 0 aromatic heterocycles. The maximum absolute atomic E-state index is 10.1. The zero-order valence-corrected chi connectivity index (χ0v) is 5.59. The number of hydrogen-bond donors (Lipinski definition) is 3. The Hall–Kier alpha value is 0.0700. The SMILES string of the molecule is CNN(C)P(=O)(O)O. The molecule has 0 rings (SSSR count). The van der Waals surface area contributed by atoms with Crippen LogP contribution in [-0.4, -0.2) is 28.7 Å². The third-order valence-electron chi connectivity index (χ3n) is 0.714. The van der Waals surface area contributed by atoms with Gasteiger partial charge in [-0.05, 0) is 7.05 Å². The molecule has 0 aromatic carbocycles. The molecule has 5 nitrogen and oxygen atoms in total. The Morgan fingerprint density at radius 2 is 2.00 bits per heavy atom. The lowest BCUT2D eigenvalue weighted by Gasteiger charge is -2.14. The van der Waals surface area contributed by atoms with E-state index in [-0.39, 0.29) is 0 Å². The third-order valence-corrected chi connectivity index (χ3v) is 1.70. The van der Waals surface area contributed by atoms with Crippen molar-refractivity contribution in [1.82, 2.24) is 10.2 Å². The van der Waals surface area contributed by atoms with Crippen molar-refractivity contribution in [2.24, 2.45) is 0 Å². The van der Waals surface area contributed by atoms with Crippen LogP contribution in [0, 0.1) is 0 Å². The molecule has 0 unspecified atom stereocenters. The first-order valence-electron chi connectivity index (χ1n) is 1.95. The molecule has 6 heteroatoms. The first-order valence-corrected chi connectivity index (χ1v) is 3.52. The summed E-state index contributed by atoms with van der Waals surface area (Å²) >= 11 is 0. The van der Waals surface area contributed by atoms with Gasteiger partial charge in [-0.25, -0.2) is 9.99 Å². The molecule has 0 aliphatic rings. The molecule has 0 fully saturated rings. The number of nitrogens with one attached hydrogen (secondary N) is 1. The first-order chi connectivity index (χ1) is 3.48. The fraction of sp³-hybridized carbons (Fsp3) is 1.00. The zero-order chi connectivity index (χ0) is 6.78. The Balaban J connectivity index is 3.82. The lowest BCUT2D eigenvalue weighted by molar-refractivity contribution is 0.262. The van der Waals surface area contributed by atoms with Gasteiger partial charge in [-0.2, -0.15) is 0 Å². The largest absolute Gasteiger partial charge is 0.416 e. The van der Waals surface area contributed by atoms with Crippen LogP contribution in [0.5, 0.6) is 0 Å². The number of hydrogen-bond acceptors (Lipinski definition) is 2. The van der Waals surface area contributed by atoms with Gasteiger partial charge in [0.05, 0.1) is 0 Å². The summed E-state index contributed by atoms with van der Waals surface area (Å²) in [7, 11) is -1.34. The Labute approximate surface area is 47.5 Å². The van der Waals surface area contributed by atoms with E-state index >= 15 is 0 Å². The number of hydrazine groups is 1. The monoisotopic (exact) mass is 140 g/mol. The fourth-order valence-electron chi connectivity index (χ4n) is 0.130. The molecule has 0 saturated heterocycles. The van der Waals surface area contributed by atoms with Crippen molar-refractivity contribution in [2.75, 3.05) is 14.1 Å². The average Bonchev–Trinajstić information content (AvgIpc) is 1.62. The molecular weight excluding hydrogens is 131 g/mol. The van der Waals surface area contributed by atoms with Crippen LogP contribution in [0.3, 0.4) is 0 Å². The second-order valence-electron chi connectivity index (χ2n) is 1.26. The van der Waals surface area contributed by atoms with Gasteiger partial charge >= 0.3 is 7.75 Å². The molecule has 0 spiro atoms. The molecule has 8 heavy (non-hydrogen) atoms. The Bertz CT molecular complexity index is 110. The highest BCUT2D eigenvalue weighted by Crippen LogP contribution is 2.35. The minimum absolute atomic E-state index is 0.729. The number of rotatable bonds is 2. The summed E-state index contributed by atoms with van der Waals surface area (Å²) in [4.78, 5) is 16.5. The van der Waals surface area contributed by atoms with Gasteiger partial charge in [-0.1, -0.05) is 0 Å². The lowest BCUT2D eigenvalue weighted by Crippen LogP contribution is -2.27. The van der Waals surface area contributed by atoms with Crippen molar-refractivity contribution in [1.29, 1.82) is 0 Å². The first kappa shape index (κ1) is 8.07. The van der Waals surface area contributed by atoms with Crippen molar-refractivity contribution in [3.63, 3.8) is 0 Å². The molecule has 0 amide bonds. The molecule has 0 atom stereocenters. The quantitative estimate of drug-likeness (QED) is 0.344. The van der Waals surface area contributed by atoms with Crippen LogP contribution >= 0.6 is 7.75 Å². The molecule has 0 heterocycles. The van der Waals surface area contributed by atoms with Crippen LogP contribution < -0.4 is 5.43 Å². The van der Waals surface area contributed by atoms with Gasteiger partial charge in [0.1, 0.15) is 0 Å². The third kappa shape index (κ3) is 2.40.